The molecule has 1 fully saturated rings. The fourth-order valence-electron chi connectivity index (χ4n) is 5.72. The van der Waals surface area contributed by atoms with Gasteiger partial charge in [0.2, 0.25) is 17.5 Å². The maximum absolute atomic E-state index is 14.6. The molecule has 4 rings (SSSR count). The summed E-state index contributed by atoms with van der Waals surface area (Å²) in [6.07, 6.45) is -0.830. The number of rotatable bonds is 10. The van der Waals surface area contributed by atoms with Crippen LogP contribution in [-0.2, 0) is 19.2 Å². The Hall–Kier alpha value is -4.68. The molecule has 1 saturated heterocycles. The largest absolute Gasteiger partial charge is 0.370 e. The van der Waals surface area contributed by atoms with Crippen molar-refractivity contribution in [2.45, 2.75) is 69.8 Å². The van der Waals surface area contributed by atoms with Gasteiger partial charge in [-0.2, -0.15) is 0 Å². The van der Waals surface area contributed by atoms with Crippen molar-refractivity contribution in [2.75, 3.05) is 6.54 Å². The fraction of sp³-hybridized carbons (Fsp3) is 0.394. The highest BCUT2D eigenvalue weighted by Crippen LogP contribution is 2.45. The maximum atomic E-state index is 14.6. The molecule has 0 saturated carbocycles. The smallest absolute Gasteiger partial charge is 0.274 e. The SMILES string of the molecule is CC(N)CC(=O)N1CC(c2ccccc2)C(C(=O)C(CC(N)=O)NC(=O)c2ccc3ccccc3n2)C1(O)C(=O)NC(C)(C)C. The van der Waals surface area contributed by atoms with E-state index in [1.54, 1.807) is 76.2 Å². The molecular weight excluding hydrogens is 576 g/mol. The Bertz CT molecular complexity index is 1600. The Balaban J connectivity index is 1.81. The van der Waals surface area contributed by atoms with Gasteiger partial charge in [0.05, 0.1) is 23.9 Å². The van der Waals surface area contributed by atoms with E-state index in [2.05, 4.69) is 15.6 Å². The fourth-order valence-corrected chi connectivity index (χ4v) is 5.72. The van der Waals surface area contributed by atoms with Gasteiger partial charge in [0.15, 0.2) is 5.78 Å². The minimum atomic E-state index is -2.70. The summed E-state index contributed by atoms with van der Waals surface area (Å²) in [6, 6.07) is 16.8. The number of primary amides is 1. The van der Waals surface area contributed by atoms with Crippen LogP contribution in [0.5, 0.6) is 0 Å². The number of likely N-dealkylation sites (tertiary alicyclic amines) is 1. The van der Waals surface area contributed by atoms with E-state index in [0.29, 0.717) is 11.1 Å². The zero-order valence-corrected chi connectivity index (χ0v) is 25.8. The number of aliphatic hydroxyl groups is 1. The normalized spacial score (nSPS) is 21.2. The Kier molecular flexibility index (Phi) is 9.69. The summed E-state index contributed by atoms with van der Waals surface area (Å²) in [5.41, 5.74) is 8.98. The summed E-state index contributed by atoms with van der Waals surface area (Å²) in [5.74, 6) is -6.62. The van der Waals surface area contributed by atoms with E-state index in [4.69, 9.17) is 11.5 Å². The van der Waals surface area contributed by atoms with Crippen molar-refractivity contribution in [3.05, 3.63) is 78.0 Å². The van der Waals surface area contributed by atoms with Crippen molar-refractivity contribution >= 4 is 40.3 Å². The summed E-state index contributed by atoms with van der Waals surface area (Å²) < 4.78 is 0. The molecule has 0 spiro atoms. The molecule has 5 unspecified atom stereocenters. The minimum Gasteiger partial charge on any atom is -0.370 e. The number of aromatic nitrogens is 1. The Morgan fingerprint density at radius 3 is 2.27 bits per heavy atom. The van der Waals surface area contributed by atoms with Gasteiger partial charge in [-0.25, -0.2) is 4.98 Å². The molecule has 5 atom stereocenters. The van der Waals surface area contributed by atoms with E-state index in [-0.39, 0.29) is 18.7 Å². The summed E-state index contributed by atoms with van der Waals surface area (Å²) in [4.78, 5) is 73.1. The van der Waals surface area contributed by atoms with Crippen molar-refractivity contribution in [2.24, 2.45) is 17.4 Å². The van der Waals surface area contributed by atoms with Gasteiger partial charge >= 0.3 is 0 Å². The molecule has 0 bridgehead atoms. The molecule has 1 aromatic heterocycles. The highest BCUT2D eigenvalue weighted by molar-refractivity contribution is 6.04. The molecule has 3 aromatic rings. The highest BCUT2D eigenvalue weighted by atomic mass is 16.3. The Morgan fingerprint density at radius 2 is 1.64 bits per heavy atom. The van der Waals surface area contributed by atoms with Crippen molar-refractivity contribution in [3.8, 4) is 0 Å². The van der Waals surface area contributed by atoms with Gasteiger partial charge in [-0.05, 0) is 45.4 Å². The molecule has 12 nitrogen and oxygen atoms in total. The first kappa shape index (κ1) is 33.2. The second-order valence-corrected chi connectivity index (χ2v) is 12.6. The lowest BCUT2D eigenvalue weighted by atomic mass is 9.77. The summed E-state index contributed by atoms with van der Waals surface area (Å²) in [5, 5.41) is 18.4. The monoisotopic (exact) mass is 616 g/mol. The quantitative estimate of drug-likeness (QED) is 0.225. The third-order valence-electron chi connectivity index (χ3n) is 7.67. The van der Waals surface area contributed by atoms with Crippen molar-refractivity contribution in [1.82, 2.24) is 20.5 Å². The van der Waals surface area contributed by atoms with E-state index in [1.165, 1.54) is 6.07 Å². The zero-order valence-electron chi connectivity index (χ0n) is 25.8. The lowest BCUT2D eigenvalue weighted by molar-refractivity contribution is -0.179. The number of nitrogens with two attached hydrogens (primary N) is 2. The number of Topliss-reactive ketones (excluding diaryl/α,β-unsaturated/α-hetero) is 1. The number of nitrogens with zero attached hydrogens (tertiary/aromatic N) is 2. The molecule has 1 aliphatic heterocycles. The second-order valence-electron chi connectivity index (χ2n) is 12.6. The lowest BCUT2D eigenvalue weighted by Crippen LogP contribution is -2.66. The van der Waals surface area contributed by atoms with Crippen LogP contribution in [0.3, 0.4) is 0 Å². The van der Waals surface area contributed by atoms with E-state index < -0.39 is 71.0 Å². The number of carbonyl (C=O) groups excluding carboxylic acids is 5. The van der Waals surface area contributed by atoms with E-state index >= 15 is 0 Å². The van der Waals surface area contributed by atoms with Crippen LogP contribution >= 0.6 is 0 Å². The molecule has 45 heavy (non-hydrogen) atoms. The number of para-hydroxylation sites is 1. The topological polar surface area (TPSA) is 198 Å². The predicted molar refractivity (Wildman–Crippen MR) is 167 cm³/mol. The van der Waals surface area contributed by atoms with Crippen molar-refractivity contribution in [1.29, 1.82) is 0 Å². The second kappa shape index (κ2) is 13.1. The summed E-state index contributed by atoms with van der Waals surface area (Å²) >= 11 is 0. The van der Waals surface area contributed by atoms with Gasteiger partial charge in [-0.3, -0.25) is 24.0 Å². The third kappa shape index (κ3) is 7.35. The number of nitrogens with one attached hydrogen (secondary N) is 2. The number of amides is 4. The third-order valence-corrected chi connectivity index (χ3v) is 7.67. The van der Waals surface area contributed by atoms with Crippen molar-refractivity contribution in [3.63, 3.8) is 0 Å². The van der Waals surface area contributed by atoms with Gasteiger partial charge in [0, 0.05) is 35.9 Å². The van der Waals surface area contributed by atoms with E-state index in [1.807, 2.05) is 12.1 Å². The van der Waals surface area contributed by atoms with Crippen LogP contribution in [-0.4, -0.2) is 74.3 Å². The molecule has 2 heterocycles. The summed E-state index contributed by atoms with van der Waals surface area (Å²) in [6.45, 7) is 6.48. The Morgan fingerprint density at radius 1 is 1.00 bits per heavy atom. The molecular formula is C33H40N6O6. The van der Waals surface area contributed by atoms with Crippen LogP contribution in [0.1, 0.15) is 62.5 Å². The lowest BCUT2D eigenvalue weighted by Gasteiger charge is -2.39. The maximum Gasteiger partial charge on any atom is 0.274 e. The van der Waals surface area contributed by atoms with E-state index in [9.17, 15) is 29.1 Å². The van der Waals surface area contributed by atoms with Crippen molar-refractivity contribution < 1.29 is 29.1 Å². The number of benzene rings is 2. The number of hydrogen-bond acceptors (Lipinski definition) is 8. The molecule has 1 aliphatic rings. The zero-order chi connectivity index (χ0) is 33.1. The molecule has 12 heteroatoms. The number of fused-ring (bicyclic) bond motifs is 1. The van der Waals surface area contributed by atoms with Crippen LogP contribution < -0.4 is 22.1 Å². The number of ketones is 1. The van der Waals surface area contributed by atoms with E-state index in [0.717, 1.165) is 10.3 Å². The average Bonchev–Trinajstić information content (AvgIpc) is 3.29. The molecule has 7 N–H and O–H groups in total. The molecule has 0 aliphatic carbocycles. The van der Waals surface area contributed by atoms with Crippen LogP contribution in [0.2, 0.25) is 0 Å². The van der Waals surface area contributed by atoms with Crippen LogP contribution in [0.25, 0.3) is 10.9 Å². The van der Waals surface area contributed by atoms with Gasteiger partial charge in [0.1, 0.15) is 5.69 Å². The first-order chi connectivity index (χ1) is 21.1. The van der Waals surface area contributed by atoms with Crippen LogP contribution in [0.15, 0.2) is 66.7 Å². The average molecular weight is 617 g/mol. The van der Waals surface area contributed by atoms with Gasteiger partial charge in [0.25, 0.3) is 11.8 Å². The molecule has 4 amide bonds. The molecule has 2 aromatic carbocycles. The van der Waals surface area contributed by atoms with Gasteiger partial charge < -0.3 is 32.1 Å². The Labute approximate surface area is 261 Å². The van der Waals surface area contributed by atoms with Crippen LogP contribution in [0, 0.1) is 5.92 Å². The minimum absolute atomic E-state index is 0.0172. The number of pyridine rings is 1. The number of carbonyl (C=O) groups is 5. The van der Waals surface area contributed by atoms with Crippen LogP contribution in [0.4, 0.5) is 0 Å². The number of hydrogen-bond donors (Lipinski definition) is 5. The summed E-state index contributed by atoms with van der Waals surface area (Å²) in [7, 11) is 0. The first-order valence-electron chi connectivity index (χ1n) is 14.8. The molecule has 238 valence electrons. The highest BCUT2D eigenvalue weighted by Gasteiger charge is 2.63. The predicted octanol–water partition coefficient (Wildman–Crippen LogP) is 1.36. The molecule has 0 radical (unpaired) electrons. The standard InChI is InChI=1S/C33H40N6O6/c1-19(34)16-27(41)39-18-22(20-10-6-5-7-11-20)28(33(39,45)31(44)38-32(2,3)4)29(42)25(17-26(35)40)37-30(43)24-15-14-21-12-8-9-13-23(21)36-24/h5-15,19,22,25,28,45H,16-18,34H2,1-4H3,(H2,35,40)(H,37,43)(H,38,44). The first-order valence-corrected chi connectivity index (χ1v) is 14.8. The van der Waals surface area contributed by atoms with Gasteiger partial charge in [-0.15, -0.1) is 0 Å². The van der Waals surface area contributed by atoms with Gasteiger partial charge in [-0.1, -0.05) is 54.6 Å².